The maximum Gasteiger partial charge on any atom is 0.338 e. The van der Waals surface area contributed by atoms with E-state index in [0.717, 1.165) is 0 Å². The zero-order valence-electron chi connectivity index (χ0n) is 20.9. The Labute approximate surface area is 231 Å². The van der Waals surface area contributed by atoms with Gasteiger partial charge in [0.1, 0.15) is 11.9 Å². The molecule has 2 fully saturated rings. The van der Waals surface area contributed by atoms with Crippen molar-refractivity contribution in [1.82, 2.24) is 25.0 Å². The van der Waals surface area contributed by atoms with Gasteiger partial charge in [-0.1, -0.05) is 23.7 Å². The van der Waals surface area contributed by atoms with Crippen molar-refractivity contribution >= 4 is 40.8 Å². The fourth-order valence-corrected chi connectivity index (χ4v) is 5.92. The van der Waals surface area contributed by atoms with Crippen LogP contribution in [0.25, 0.3) is 0 Å². The SMILES string of the molecule is CCOC(=O)C1=C(CN2CCN3C(=O)N(CC(F)F)CC3C2)NC(c2nccs2)=NC1c1cccc(F)c1Cl. The first kappa shape index (κ1) is 27.4. The van der Waals surface area contributed by atoms with Crippen LogP contribution in [0.3, 0.4) is 0 Å². The lowest BCUT2D eigenvalue weighted by Crippen LogP contribution is -2.53. The predicted molar refractivity (Wildman–Crippen MR) is 140 cm³/mol. The second-order valence-corrected chi connectivity index (χ2v) is 10.5. The van der Waals surface area contributed by atoms with Crippen molar-refractivity contribution in [2.75, 3.05) is 45.9 Å². The number of alkyl halides is 2. The topological polar surface area (TPSA) is 90.4 Å². The lowest BCUT2D eigenvalue weighted by Gasteiger charge is -2.38. The van der Waals surface area contributed by atoms with Crippen LogP contribution in [0, 0.1) is 5.82 Å². The highest BCUT2D eigenvalue weighted by Gasteiger charge is 2.42. The number of carbonyl (C=O) groups excluding carboxylic acids is 2. The van der Waals surface area contributed by atoms with Gasteiger partial charge in [-0.3, -0.25) is 9.89 Å². The highest BCUT2D eigenvalue weighted by Crippen LogP contribution is 2.37. The molecular weight excluding hydrogens is 557 g/mol. The number of hydrogen-bond acceptors (Lipinski definition) is 8. The molecule has 1 N–H and O–H groups in total. The molecule has 0 bridgehead atoms. The molecule has 2 aromatic rings. The number of thiazole rings is 1. The van der Waals surface area contributed by atoms with Gasteiger partial charge in [0, 0.05) is 55.6 Å². The van der Waals surface area contributed by atoms with Gasteiger partial charge in [0.25, 0.3) is 6.43 Å². The molecule has 39 heavy (non-hydrogen) atoms. The number of carbonyl (C=O) groups is 2. The number of amidine groups is 1. The van der Waals surface area contributed by atoms with Crippen LogP contribution in [0.2, 0.25) is 5.02 Å². The number of nitrogens with one attached hydrogen (secondary N) is 1. The Hall–Kier alpha value is -3.16. The van der Waals surface area contributed by atoms with E-state index in [4.69, 9.17) is 21.3 Å². The molecule has 2 unspecified atom stereocenters. The molecule has 1 aromatic carbocycles. The summed E-state index contributed by atoms with van der Waals surface area (Å²) < 4.78 is 45.8. The van der Waals surface area contributed by atoms with Crippen LogP contribution >= 0.6 is 22.9 Å². The standard InChI is InChI=1S/C25H26ClF3N6O3S/c1-2-38-24(36)19-17(12-33-7-8-35-14(10-33)11-34(25(35)37)13-18(28)29)31-22(23-30-6-9-39-23)32-21(19)15-4-3-5-16(27)20(15)26/h3-6,9,14,18,21H,2,7-8,10-13H2,1H3,(H,31,32). The normalized spacial score (nSPS) is 21.8. The number of piperazine rings is 1. The molecule has 4 heterocycles. The Bertz CT molecular complexity index is 1310. The molecule has 3 aliphatic heterocycles. The summed E-state index contributed by atoms with van der Waals surface area (Å²) in [7, 11) is 0. The van der Waals surface area contributed by atoms with Crippen LogP contribution in [0.4, 0.5) is 18.0 Å². The van der Waals surface area contributed by atoms with Crippen molar-refractivity contribution in [3.05, 3.63) is 62.5 Å². The summed E-state index contributed by atoms with van der Waals surface area (Å²) in [4.78, 5) is 39.8. The molecule has 3 aliphatic rings. The third kappa shape index (κ3) is 5.61. The fourth-order valence-electron chi connectivity index (χ4n) is 5.10. The van der Waals surface area contributed by atoms with Crippen LogP contribution < -0.4 is 5.32 Å². The van der Waals surface area contributed by atoms with E-state index in [0.29, 0.717) is 41.7 Å². The van der Waals surface area contributed by atoms with Crippen molar-refractivity contribution < 1.29 is 27.5 Å². The molecule has 2 saturated heterocycles. The Morgan fingerprint density at radius 3 is 2.85 bits per heavy atom. The summed E-state index contributed by atoms with van der Waals surface area (Å²) >= 11 is 7.70. The van der Waals surface area contributed by atoms with Gasteiger partial charge in [-0.25, -0.2) is 27.7 Å². The van der Waals surface area contributed by atoms with E-state index in [1.807, 2.05) is 4.90 Å². The Morgan fingerprint density at radius 2 is 2.13 bits per heavy atom. The van der Waals surface area contributed by atoms with Crippen LogP contribution in [0.15, 0.2) is 46.0 Å². The summed E-state index contributed by atoms with van der Waals surface area (Å²) in [5.41, 5.74) is 0.983. The second-order valence-electron chi connectivity index (χ2n) is 9.26. The molecule has 14 heteroatoms. The first-order valence-corrected chi connectivity index (χ1v) is 13.7. The van der Waals surface area contributed by atoms with Gasteiger partial charge in [0.05, 0.1) is 29.8 Å². The lowest BCUT2D eigenvalue weighted by molar-refractivity contribution is -0.139. The minimum atomic E-state index is -2.61. The highest BCUT2D eigenvalue weighted by atomic mass is 35.5. The van der Waals surface area contributed by atoms with Crippen molar-refractivity contribution in [2.24, 2.45) is 4.99 Å². The number of esters is 1. The van der Waals surface area contributed by atoms with E-state index in [9.17, 15) is 22.8 Å². The number of nitrogens with zero attached hydrogens (tertiary/aromatic N) is 5. The first-order valence-electron chi connectivity index (χ1n) is 12.4. The van der Waals surface area contributed by atoms with Gasteiger partial charge < -0.3 is 19.9 Å². The molecule has 0 spiro atoms. The smallest absolute Gasteiger partial charge is 0.338 e. The van der Waals surface area contributed by atoms with Crippen molar-refractivity contribution in [2.45, 2.75) is 25.4 Å². The van der Waals surface area contributed by atoms with E-state index in [2.05, 4.69) is 10.3 Å². The fraction of sp³-hybridized carbons (Fsp3) is 0.440. The van der Waals surface area contributed by atoms with Crippen LogP contribution in [0.5, 0.6) is 0 Å². The van der Waals surface area contributed by atoms with Crippen molar-refractivity contribution in [3.8, 4) is 0 Å². The average molecular weight is 583 g/mol. The Morgan fingerprint density at radius 1 is 1.31 bits per heavy atom. The average Bonchev–Trinajstić information content (AvgIpc) is 3.54. The van der Waals surface area contributed by atoms with Crippen LogP contribution in [0.1, 0.15) is 23.5 Å². The highest BCUT2D eigenvalue weighted by molar-refractivity contribution is 7.11. The summed E-state index contributed by atoms with van der Waals surface area (Å²) in [6.45, 7) is 2.88. The minimum absolute atomic E-state index is 0.116. The van der Waals surface area contributed by atoms with E-state index in [1.54, 1.807) is 29.5 Å². The molecule has 9 nitrogen and oxygen atoms in total. The van der Waals surface area contributed by atoms with E-state index in [1.165, 1.54) is 28.4 Å². The Balaban J connectivity index is 1.49. The zero-order chi connectivity index (χ0) is 27.7. The summed E-state index contributed by atoms with van der Waals surface area (Å²) in [6, 6.07) is 2.73. The van der Waals surface area contributed by atoms with Gasteiger partial charge in [0.2, 0.25) is 0 Å². The minimum Gasteiger partial charge on any atom is -0.463 e. The maximum absolute atomic E-state index is 14.5. The monoisotopic (exact) mass is 582 g/mol. The van der Waals surface area contributed by atoms with E-state index < -0.39 is 30.8 Å². The first-order chi connectivity index (χ1) is 18.8. The summed E-state index contributed by atoms with van der Waals surface area (Å²) in [5, 5.41) is 5.45. The summed E-state index contributed by atoms with van der Waals surface area (Å²) in [6.07, 6.45) is -0.981. The molecule has 2 amide bonds. The van der Waals surface area contributed by atoms with Gasteiger partial charge in [-0.15, -0.1) is 11.3 Å². The number of aliphatic imine (C=N–C) groups is 1. The van der Waals surface area contributed by atoms with E-state index >= 15 is 0 Å². The largest absolute Gasteiger partial charge is 0.463 e. The number of fused-ring (bicyclic) bond motifs is 1. The molecule has 2 atom stereocenters. The molecule has 0 aliphatic carbocycles. The van der Waals surface area contributed by atoms with Gasteiger partial charge in [0.15, 0.2) is 10.8 Å². The molecule has 0 saturated carbocycles. The maximum atomic E-state index is 14.5. The third-order valence-corrected chi connectivity index (χ3v) is 7.97. The number of hydrogen-bond donors (Lipinski definition) is 1. The predicted octanol–water partition coefficient (Wildman–Crippen LogP) is 3.53. The van der Waals surface area contributed by atoms with Gasteiger partial charge >= 0.3 is 12.0 Å². The zero-order valence-corrected chi connectivity index (χ0v) is 22.5. The number of urea groups is 1. The molecular formula is C25H26ClF3N6O3S. The number of ether oxygens (including phenoxy) is 1. The number of rotatable bonds is 8. The van der Waals surface area contributed by atoms with Crippen LogP contribution in [-0.2, 0) is 9.53 Å². The second kappa shape index (κ2) is 11.5. The summed E-state index contributed by atoms with van der Waals surface area (Å²) in [5.74, 6) is -0.861. The number of benzene rings is 1. The molecule has 1 aromatic heterocycles. The molecule has 5 rings (SSSR count). The number of amides is 2. The number of aromatic nitrogens is 1. The lowest BCUT2D eigenvalue weighted by atomic mass is 9.95. The third-order valence-electron chi connectivity index (χ3n) is 6.79. The molecule has 208 valence electrons. The van der Waals surface area contributed by atoms with E-state index in [-0.39, 0.29) is 42.4 Å². The van der Waals surface area contributed by atoms with Gasteiger partial charge in [-0.05, 0) is 13.0 Å². The molecule has 0 radical (unpaired) electrons. The van der Waals surface area contributed by atoms with Crippen molar-refractivity contribution in [1.29, 1.82) is 0 Å². The van der Waals surface area contributed by atoms with Gasteiger partial charge in [-0.2, -0.15) is 0 Å². The quantitative estimate of drug-likeness (QED) is 0.479. The van der Waals surface area contributed by atoms with Crippen LogP contribution in [-0.4, -0.2) is 95.9 Å². The van der Waals surface area contributed by atoms with Crippen molar-refractivity contribution in [3.63, 3.8) is 0 Å². The number of halogens is 4. The Kier molecular flexibility index (Phi) is 8.10.